The Labute approximate surface area is 141 Å². The van der Waals surface area contributed by atoms with E-state index in [0.29, 0.717) is 6.04 Å². The van der Waals surface area contributed by atoms with Crippen molar-refractivity contribution >= 4 is 5.65 Å². The van der Waals surface area contributed by atoms with Gasteiger partial charge < -0.3 is 4.74 Å². The van der Waals surface area contributed by atoms with E-state index in [9.17, 15) is 0 Å². The standard InChI is InChI=1S/C19H22N4O/c1-24-14-17-8-5-9-22(17)12-15-10-20-19-18(11-21-23(19)13-15)16-6-3-2-4-7-16/h2-4,6-7,10-11,13,17H,5,8-9,12,14H2,1H3/t17-/m1/s1. The Bertz CT molecular complexity index is 815. The van der Waals surface area contributed by atoms with Gasteiger partial charge in [0, 0.05) is 43.2 Å². The van der Waals surface area contributed by atoms with E-state index in [2.05, 4.69) is 33.3 Å². The third-order valence-corrected chi connectivity index (χ3v) is 4.74. The smallest absolute Gasteiger partial charge is 0.162 e. The van der Waals surface area contributed by atoms with Gasteiger partial charge in [-0.15, -0.1) is 0 Å². The second kappa shape index (κ2) is 6.71. The molecule has 0 N–H and O–H groups in total. The summed E-state index contributed by atoms with van der Waals surface area (Å²) in [6.45, 7) is 2.83. The number of rotatable bonds is 5. The van der Waals surface area contributed by atoms with E-state index in [1.54, 1.807) is 7.11 Å². The molecule has 0 saturated carbocycles. The summed E-state index contributed by atoms with van der Waals surface area (Å²) < 4.78 is 7.23. The van der Waals surface area contributed by atoms with Crippen LogP contribution >= 0.6 is 0 Å². The van der Waals surface area contributed by atoms with Gasteiger partial charge in [-0.05, 0) is 24.9 Å². The quantitative estimate of drug-likeness (QED) is 0.724. The molecule has 1 saturated heterocycles. The molecule has 0 spiro atoms. The Hall–Kier alpha value is -2.24. The first-order valence-electron chi connectivity index (χ1n) is 8.46. The maximum absolute atomic E-state index is 5.34. The highest BCUT2D eigenvalue weighted by Crippen LogP contribution is 2.24. The maximum Gasteiger partial charge on any atom is 0.162 e. The summed E-state index contributed by atoms with van der Waals surface area (Å²) in [7, 11) is 1.78. The molecule has 4 rings (SSSR count). The van der Waals surface area contributed by atoms with Crippen molar-refractivity contribution in [1.29, 1.82) is 0 Å². The van der Waals surface area contributed by atoms with Crippen molar-refractivity contribution in [3.8, 4) is 11.1 Å². The SMILES string of the molecule is COC[C@H]1CCCN1Cc1cnc2c(-c3ccccc3)cnn2c1. The molecule has 0 unspecified atom stereocenters. The predicted octanol–water partition coefficient (Wildman–Crippen LogP) is 3.01. The molecule has 1 aliphatic heterocycles. The number of nitrogens with zero attached hydrogens (tertiary/aromatic N) is 4. The summed E-state index contributed by atoms with van der Waals surface area (Å²) in [5.74, 6) is 0. The fourth-order valence-corrected chi connectivity index (χ4v) is 3.54. The van der Waals surface area contributed by atoms with Crippen LogP contribution in [0.1, 0.15) is 18.4 Å². The van der Waals surface area contributed by atoms with Crippen LogP contribution in [-0.2, 0) is 11.3 Å². The summed E-state index contributed by atoms with van der Waals surface area (Å²) in [6, 6.07) is 10.8. The Morgan fingerprint density at radius 3 is 2.92 bits per heavy atom. The monoisotopic (exact) mass is 322 g/mol. The van der Waals surface area contributed by atoms with Gasteiger partial charge in [-0.25, -0.2) is 9.50 Å². The van der Waals surface area contributed by atoms with E-state index in [1.807, 2.05) is 35.1 Å². The first-order chi connectivity index (χ1) is 11.8. The Balaban J connectivity index is 1.58. The molecule has 3 heterocycles. The molecule has 5 nitrogen and oxygen atoms in total. The van der Waals surface area contributed by atoms with Gasteiger partial charge in [0.25, 0.3) is 0 Å². The van der Waals surface area contributed by atoms with Crippen LogP contribution in [0, 0.1) is 0 Å². The fraction of sp³-hybridized carbons (Fsp3) is 0.368. The lowest BCUT2D eigenvalue weighted by atomic mass is 10.1. The predicted molar refractivity (Wildman–Crippen MR) is 93.7 cm³/mol. The molecule has 0 amide bonds. The highest BCUT2D eigenvalue weighted by molar-refractivity contribution is 5.76. The van der Waals surface area contributed by atoms with Crippen molar-refractivity contribution in [3.63, 3.8) is 0 Å². The topological polar surface area (TPSA) is 42.7 Å². The van der Waals surface area contributed by atoms with Gasteiger partial charge in [-0.1, -0.05) is 30.3 Å². The lowest BCUT2D eigenvalue weighted by molar-refractivity contribution is 0.111. The average Bonchev–Trinajstić information content (AvgIpc) is 3.23. The van der Waals surface area contributed by atoms with Crippen molar-refractivity contribution in [2.24, 2.45) is 0 Å². The Kier molecular flexibility index (Phi) is 4.28. The number of hydrogen-bond donors (Lipinski definition) is 0. The molecule has 1 aromatic carbocycles. The van der Waals surface area contributed by atoms with Gasteiger partial charge in [-0.2, -0.15) is 5.10 Å². The number of aromatic nitrogens is 3. The Morgan fingerprint density at radius 2 is 2.08 bits per heavy atom. The highest BCUT2D eigenvalue weighted by atomic mass is 16.5. The van der Waals surface area contributed by atoms with Gasteiger partial charge in [-0.3, -0.25) is 4.90 Å². The van der Waals surface area contributed by atoms with Gasteiger partial charge >= 0.3 is 0 Å². The lowest BCUT2D eigenvalue weighted by Crippen LogP contribution is -2.32. The number of hydrogen-bond acceptors (Lipinski definition) is 4. The van der Waals surface area contributed by atoms with Crippen LogP contribution < -0.4 is 0 Å². The number of ether oxygens (including phenoxy) is 1. The summed E-state index contributed by atoms with van der Waals surface area (Å²) in [6.07, 6.45) is 8.42. The normalized spacial score (nSPS) is 18.5. The summed E-state index contributed by atoms with van der Waals surface area (Å²) in [4.78, 5) is 7.15. The van der Waals surface area contributed by atoms with Crippen LogP contribution in [-0.4, -0.2) is 45.8 Å². The minimum absolute atomic E-state index is 0.517. The van der Waals surface area contributed by atoms with Crippen molar-refractivity contribution < 1.29 is 4.74 Å². The zero-order valence-corrected chi connectivity index (χ0v) is 13.9. The van der Waals surface area contributed by atoms with E-state index in [1.165, 1.54) is 18.4 Å². The minimum atomic E-state index is 0.517. The van der Waals surface area contributed by atoms with Gasteiger partial charge in [0.05, 0.1) is 12.8 Å². The summed E-state index contributed by atoms with van der Waals surface area (Å²) >= 11 is 0. The highest BCUT2D eigenvalue weighted by Gasteiger charge is 2.24. The molecule has 1 atom stereocenters. The molecule has 5 heteroatoms. The molecule has 124 valence electrons. The second-order valence-electron chi connectivity index (χ2n) is 6.38. The second-order valence-corrected chi connectivity index (χ2v) is 6.38. The van der Waals surface area contributed by atoms with Gasteiger partial charge in [0.1, 0.15) is 0 Å². The maximum atomic E-state index is 5.34. The molecule has 2 aromatic heterocycles. The van der Waals surface area contributed by atoms with E-state index < -0.39 is 0 Å². The molecule has 0 aliphatic carbocycles. The van der Waals surface area contributed by atoms with Crippen LogP contribution in [0.5, 0.6) is 0 Å². The van der Waals surface area contributed by atoms with Crippen LogP contribution in [0.4, 0.5) is 0 Å². The molecular formula is C19H22N4O. The molecule has 0 bridgehead atoms. The summed E-state index contributed by atoms with van der Waals surface area (Å²) in [5, 5.41) is 4.50. The van der Waals surface area contributed by atoms with Crippen molar-refractivity contribution in [2.45, 2.75) is 25.4 Å². The third kappa shape index (κ3) is 2.92. The number of methoxy groups -OCH3 is 1. The van der Waals surface area contributed by atoms with Crippen molar-refractivity contribution in [1.82, 2.24) is 19.5 Å². The lowest BCUT2D eigenvalue weighted by Gasteiger charge is -2.23. The molecule has 24 heavy (non-hydrogen) atoms. The van der Waals surface area contributed by atoms with Crippen molar-refractivity contribution in [2.75, 3.05) is 20.3 Å². The molecule has 1 fully saturated rings. The zero-order chi connectivity index (χ0) is 16.4. The first-order valence-corrected chi connectivity index (χ1v) is 8.46. The molecular weight excluding hydrogens is 300 g/mol. The molecule has 1 aliphatic rings. The summed E-state index contributed by atoms with van der Waals surface area (Å²) in [5.41, 5.74) is 4.31. The van der Waals surface area contributed by atoms with Crippen LogP contribution in [0.15, 0.2) is 48.9 Å². The van der Waals surface area contributed by atoms with Crippen LogP contribution in [0.25, 0.3) is 16.8 Å². The number of benzene rings is 1. The Morgan fingerprint density at radius 1 is 1.21 bits per heavy atom. The fourth-order valence-electron chi connectivity index (χ4n) is 3.54. The largest absolute Gasteiger partial charge is 0.383 e. The molecule has 0 radical (unpaired) electrons. The van der Waals surface area contributed by atoms with E-state index in [-0.39, 0.29) is 0 Å². The van der Waals surface area contributed by atoms with Crippen LogP contribution in [0.3, 0.4) is 0 Å². The number of likely N-dealkylation sites (tertiary alicyclic amines) is 1. The van der Waals surface area contributed by atoms with E-state index >= 15 is 0 Å². The van der Waals surface area contributed by atoms with Crippen molar-refractivity contribution in [3.05, 3.63) is 54.5 Å². The molecule has 3 aromatic rings. The minimum Gasteiger partial charge on any atom is -0.383 e. The first kappa shape index (κ1) is 15.3. The van der Waals surface area contributed by atoms with Crippen LogP contribution in [0.2, 0.25) is 0 Å². The zero-order valence-electron chi connectivity index (χ0n) is 13.9. The van der Waals surface area contributed by atoms with E-state index in [4.69, 9.17) is 4.74 Å². The van der Waals surface area contributed by atoms with E-state index in [0.717, 1.165) is 36.5 Å². The average molecular weight is 322 g/mol. The third-order valence-electron chi connectivity index (χ3n) is 4.74. The van der Waals surface area contributed by atoms with Gasteiger partial charge in [0.2, 0.25) is 0 Å². The van der Waals surface area contributed by atoms with Gasteiger partial charge in [0.15, 0.2) is 5.65 Å². The number of fused-ring (bicyclic) bond motifs is 1.